The van der Waals surface area contributed by atoms with Gasteiger partial charge in [0.25, 0.3) is 0 Å². The highest BCUT2D eigenvalue weighted by molar-refractivity contribution is 14.0. The fourth-order valence-corrected chi connectivity index (χ4v) is 1.94. The van der Waals surface area contributed by atoms with Crippen LogP contribution in [0.1, 0.15) is 17.5 Å². The van der Waals surface area contributed by atoms with Gasteiger partial charge in [-0.25, -0.2) is 4.98 Å². The van der Waals surface area contributed by atoms with Crippen molar-refractivity contribution in [1.82, 2.24) is 4.98 Å². The van der Waals surface area contributed by atoms with Crippen LogP contribution in [0.3, 0.4) is 0 Å². The molecule has 24 heavy (non-hydrogen) atoms. The fraction of sp³-hybridized carbons (Fsp3) is 0.235. The van der Waals surface area contributed by atoms with Gasteiger partial charge in [0.05, 0.1) is 6.54 Å². The van der Waals surface area contributed by atoms with Gasteiger partial charge in [0, 0.05) is 18.3 Å². The molecule has 0 saturated heterocycles. The number of amides is 1. The lowest BCUT2D eigenvalue weighted by Gasteiger charge is -2.06. The highest BCUT2D eigenvalue weighted by Crippen LogP contribution is 2.09. The van der Waals surface area contributed by atoms with E-state index in [1.54, 1.807) is 12.3 Å². The number of carbonyl (C=O) groups excluding carboxylic acids is 1. The molecule has 0 aliphatic heterocycles. The Balaban J connectivity index is 0.00000288. The van der Waals surface area contributed by atoms with E-state index in [1.165, 1.54) is 0 Å². The Bertz CT molecular complexity index is 700. The van der Waals surface area contributed by atoms with Crippen molar-refractivity contribution in [3.05, 3.63) is 53.7 Å². The van der Waals surface area contributed by atoms with Gasteiger partial charge >= 0.3 is 0 Å². The van der Waals surface area contributed by atoms with Crippen molar-refractivity contribution in [2.24, 2.45) is 10.7 Å². The van der Waals surface area contributed by atoms with Gasteiger partial charge in [-0.2, -0.15) is 0 Å². The topological polar surface area (TPSA) is 92.4 Å². The number of guanidine groups is 1. The molecule has 0 fully saturated rings. The van der Waals surface area contributed by atoms with Gasteiger partial charge in [-0.15, -0.1) is 24.0 Å². The van der Waals surface area contributed by atoms with Crippen LogP contribution >= 0.6 is 24.0 Å². The van der Waals surface area contributed by atoms with Crippen molar-refractivity contribution in [3.63, 3.8) is 0 Å². The number of hydrogen-bond donors (Lipinski definition) is 3. The molecule has 1 heterocycles. The second-order valence-electron chi connectivity index (χ2n) is 5.28. The van der Waals surface area contributed by atoms with Gasteiger partial charge in [0.1, 0.15) is 5.82 Å². The van der Waals surface area contributed by atoms with E-state index in [-0.39, 0.29) is 42.3 Å². The highest BCUT2D eigenvalue weighted by atomic mass is 127. The first-order chi connectivity index (χ1) is 11.0. The molecule has 2 rings (SSSR count). The smallest absolute Gasteiger partial charge is 0.227 e. The number of benzene rings is 1. The number of nitrogens with zero attached hydrogens (tertiary/aromatic N) is 2. The van der Waals surface area contributed by atoms with Gasteiger partial charge in [0.15, 0.2) is 5.96 Å². The van der Waals surface area contributed by atoms with E-state index in [9.17, 15) is 4.79 Å². The average Bonchev–Trinajstić information content (AvgIpc) is 2.49. The first-order valence-corrected chi connectivity index (χ1v) is 7.39. The summed E-state index contributed by atoms with van der Waals surface area (Å²) in [5.41, 5.74) is 8.86. The molecule has 0 unspecified atom stereocenters. The molecule has 0 radical (unpaired) electrons. The number of aryl methyl sites for hydroxylation is 2. The average molecular weight is 439 g/mol. The minimum atomic E-state index is -0.145. The summed E-state index contributed by atoms with van der Waals surface area (Å²) >= 11 is 0. The third-order valence-corrected chi connectivity index (χ3v) is 3.09. The maximum absolute atomic E-state index is 11.8. The summed E-state index contributed by atoms with van der Waals surface area (Å²) in [4.78, 5) is 20.1. The molecule has 1 aromatic heterocycles. The number of nitrogens with two attached hydrogens (primary N) is 1. The largest absolute Gasteiger partial charge is 0.370 e. The number of pyridine rings is 1. The first-order valence-electron chi connectivity index (χ1n) is 7.39. The van der Waals surface area contributed by atoms with Crippen molar-refractivity contribution < 1.29 is 4.79 Å². The van der Waals surface area contributed by atoms with Crippen LogP contribution in [-0.4, -0.2) is 23.4 Å². The summed E-state index contributed by atoms with van der Waals surface area (Å²) in [5, 5.41) is 5.72. The molecule has 4 N–H and O–H groups in total. The minimum Gasteiger partial charge on any atom is -0.370 e. The van der Waals surface area contributed by atoms with E-state index in [2.05, 4.69) is 20.6 Å². The number of carbonyl (C=O) groups is 1. The van der Waals surface area contributed by atoms with E-state index in [0.717, 1.165) is 16.8 Å². The number of aliphatic imine (C=N–C) groups is 1. The fourth-order valence-electron chi connectivity index (χ4n) is 1.94. The molecule has 0 atom stereocenters. The second kappa shape index (κ2) is 9.86. The molecule has 6 nitrogen and oxygen atoms in total. The lowest BCUT2D eigenvalue weighted by atomic mass is 10.2. The third kappa shape index (κ3) is 6.95. The van der Waals surface area contributed by atoms with Crippen molar-refractivity contribution >= 4 is 47.3 Å². The van der Waals surface area contributed by atoms with Crippen LogP contribution in [0.4, 0.5) is 11.5 Å². The van der Waals surface area contributed by atoms with Crippen LogP contribution in [0.25, 0.3) is 0 Å². The van der Waals surface area contributed by atoms with Gasteiger partial charge in [-0.1, -0.05) is 18.2 Å². The molecular formula is C17H22IN5O. The molecule has 1 aromatic carbocycles. The van der Waals surface area contributed by atoms with Crippen LogP contribution in [0.5, 0.6) is 0 Å². The van der Waals surface area contributed by atoms with Crippen LogP contribution in [0, 0.1) is 13.8 Å². The third-order valence-electron chi connectivity index (χ3n) is 3.09. The standard InChI is InChI=1S/C17H21N5O.HI/c1-12-4-3-5-14(10-12)21-17(18)19-9-8-16(23)22-15-7-6-13(2)11-20-15;/h3-7,10-11H,8-9H2,1-2H3,(H3,18,19,21)(H,20,22,23);1H. The Kier molecular flexibility index (Phi) is 8.17. The number of hydrogen-bond acceptors (Lipinski definition) is 3. The van der Waals surface area contributed by atoms with Crippen LogP contribution in [-0.2, 0) is 4.79 Å². The van der Waals surface area contributed by atoms with E-state index in [4.69, 9.17) is 5.73 Å². The van der Waals surface area contributed by atoms with Gasteiger partial charge < -0.3 is 16.4 Å². The zero-order valence-corrected chi connectivity index (χ0v) is 16.1. The van der Waals surface area contributed by atoms with Crippen LogP contribution in [0.15, 0.2) is 47.6 Å². The summed E-state index contributed by atoms with van der Waals surface area (Å²) in [7, 11) is 0. The molecule has 0 bridgehead atoms. The molecule has 2 aromatic rings. The van der Waals surface area contributed by atoms with E-state index >= 15 is 0 Å². The predicted molar refractivity (Wildman–Crippen MR) is 109 cm³/mol. The molecule has 0 saturated carbocycles. The normalized spacial score (nSPS) is 10.7. The SMILES string of the molecule is Cc1ccc(NC(=O)CCN=C(N)Nc2cccc(C)c2)nc1.I. The summed E-state index contributed by atoms with van der Waals surface area (Å²) in [6.45, 7) is 4.25. The summed E-state index contributed by atoms with van der Waals surface area (Å²) < 4.78 is 0. The Morgan fingerprint density at radius 2 is 1.96 bits per heavy atom. The molecule has 128 valence electrons. The van der Waals surface area contributed by atoms with Crippen molar-refractivity contribution in [1.29, 1.82) is 0 Å². The van der Waals surface area contributed by atoms with Gasteiger partial charge in [-0.05, 0) is 43.2 Å². The zero-order chi connectivity index (χ0) is 16.7. The predicted octanol–water partition coefficient (Wildman–Crippen LogP) is 3.07. The van der Waals surface area contributed by atoms with E-state index in [0.29, 0.717) is 12.4 Å². The quantitative estimate of drug-likeness (QED) is 0.379. The summed E-state index contributed by atoms with van der Waals surface area (Å²) in [6, 6.07) is 11.5. The lowest BCUT2D eigenvalue weighted by Crippen LogP contribution is -2.23. The van der Waals surface area contributed by atoms with Gasteiger partial charge in [0.2, 0.25) is 5.91 Å². The summed E-state index contributed by atoms with van der Waals surface area (Å²) in [6.07, 6.45) is 1.95. The van der Waals surface area contributed by atoms with E-state index < -0.39 is 0 Å². The Hall–Kier alpha value is -2.16. The molecule has 0 aliphatic carbocycles. The molecule has 1 amide bonds. The highest BCUT2D eigenvalue weighted by Gasteiger charge is 2.03. The minimum absolute atomic E-state index is 0. The number of aromatic nitrogens is 1. The van der Waals surface area contributed by atoms with Crippen molar-refractivity contribution in [2.45, 2.75) is 20.3 Å². The lowest BCUT2D eigenvalue weighted by molar-refractivity contribution is -0.116. The zero-order valence-electron chi connectivity index (χ0n) is 13.7. The molecule has 0 aliphatic rings. The second-order valence-corrected chi connectivity index (χ2v) is 5.28. The molecule has 7 heteroatoms. The molecular weight excluding hydrogens is 417 g/mol. The van der Waals surface area contributed by atoms with E-state index in [1.807, 2.05) is 44.2 Å². The maximum atomic E-state index is 11.8. The summed E-state index contributed by atoms with van der Waals surface area (Å²) in [5.74, 6) is 0.681. The van der Waals surface area contributed by atoms with Crippen LogP contribution < -0.4 is 16.4 Å². The Morgan fingerprint density at radius 1 is 1.17 bits per heavy atom. The van der Waals surface area contributed by atoms with Crippen LogP contribution in [0.2, 0.25) is 0 Å². The number of halogens is 1. The Labute approximate surface area is 159 Å². The van der Waals surface area contributed by atoms with Crippen molar-refractivity contribution in [3.8, 4) is 0 Å². The van der Waals surface area contributed by atoms with Gasteiger partial charge in [-0.3, -0.25) is 9.79 Å². The number of anilines is 2. The Morgan fingerprint density at radius 3 is 2.62 bits per heavy atom. The molecule has 0 spiro atoms. The monoisotopic (exact) mass is 439 g/mol. The van der Waals surface area contributed by atoms with Crippen molar-refractivity contribution in [2.75, 3.05) is 17.2 Å². The number of nitrogens with one attached hydrogen (secondary N) is 2. The maximum Gasteiger partial charge on any atom is 0.227 e. The first kappa shape index (κ1) is 19.9. The number of rotatable bonds is 5.